The van der Waals surface area contributed by atoms with Crippen molar-refractivity contribution in [3.63, 3.8) is 0 Å². The number of rotatable bonds is 3. The van der Waals surface area contributed by atoms with Gasteiger partial charge in [0.15, 0.2) is 17.5 Å². The Balaban J connectivity index is 2.53. The van der Waals surface area contributed by atoms with Crippen molar-refractivity contribution in [1.29, 1.82) is 0 Å². The predicted octanol–water partition coefficient (Wildman–Crippen LogP) is 3.02. The van der Waals surface area contributed by atoms with E-state index in [9.17, 15) is 13.2 Å². The molecular weight excluding hydrogens is 279 g/mol. The third kappa shape index (κ3) is 2.33. The van der Waals surface area contributed by atoms with E-state index in [1.54, 1.807) is 6.92 Å². The molecule has 3 nitrogen and oxygen atoms in total. The summed E-state index contributed by atoms with van der Waals surface area (Å²) in [5.41, 5.74) is 6.07. The first-order valence-corrected chi connectivity index (χ1v) is 5.95. The van der Waals surface area contributed by atoms with Crippen molar-refractivity contribution in [2.45, 2.75) is 19.5 Å². The van der Waals surface area contributed by atoms with Crippen LogP contribution in [0.3, 0.4) is 0 Å². The summed E-state index contributed by atoms with van der Waals surface area (Å²) in [6, 6.07) is 0.903. The molecule has 1 aromatic carbocycles. The third-order valence-corrected chi connectivity index (χ3v) is 3.12. The molecule has 102 valence electrons. The first-order chi connectivity index (χ1) is 8.97. The average Bonchev–Trinajstić information content (AvgIpc) is 2.76. The molecule has 2 rings (SSSR count). The summed E-state index contributed by atoms with van der Waals surface area (Å²) in [7, 11) is 0. The molecule has 1 aromatic heterocycles. The first-order valence-electron chi connectivity index (χ1n) is 5.57. The average molecular weight is 290 g/mol. The van der Waals surface area contributed by atoms with E-state index in [0.717, 1.165) is 12.1 Å². The summed E-state index contributed by atoms with van der Waals surface area (Å²) in [5.74, 6) is -4.12. The van der Waals surface area contributed by atoms with Crippen molar-refractivity contribution in [3.05, 3.63) is 52.1 Å². The Morgan fingerprint density at radius 3 is 2.63 bits per heavy atom. The molecule has 2 N–H and O–H groups in total. The quantitative estimate of drug-likeness (QED) is 0.883. The SMILES string of the molecule is CCn1ncc(Cl)c1C(N)c1ccc(F)c(F)c1F. The minimum atomic E-state index is -1.55. The molecule has 0 radical (unpaired) electrons. The molecule has 0 aliphatic rings. The number of hydrogen-bond donors (Lipinski definition) is 1. The third-order valence-electron chi connectivity index (χ3n) is 2.83. The van der Waals surface area contributed by atoms with E-state index < -0.39 is 23.5 Å². The lowest BCUT2D eigenvalue weighted by Gasteiger charge is -2.15. The number of aromatic nitrogens is 2. The van der Waals surface area contributed by atoms with Gasteiger partial charge in [-0.15, -0.1) is 0 Å². The first kappa shape index (κ1) is 13.9. The molecule has 1 atom stereocenters. The topological polar surface area (TPSA) is 43.8 Å². The van der Waals surface area contributed by atoms with Gasteiger partial charge in [0, 0.05) is 12.1 Å². The molecule has 0 amide bonds. The second kappa shape index (κ2) is 5.22. The molecule has 0 saturated carbocycles. The highest BCUT2D eigenvalue weighted by atomic mass is 35.5. The smallest absolute Gasteiger partial charge is 0.194 e. The van der Waals surface area contributed by atoms with Crippen molar-refractivity contribution >= 4 is 11.6 Å². The summed E-state index contributed by atoms with van der Waals surface area (Å²) in [5, 5.41) is 4.21. The standard InChI is InChI=1S/C12H11ClF3N3/c1-2-19-12(7(13)5-18-19)11(17)6-3-4-8(14)10(16)9(6)15/h3-5,11H,2,17H2,1H3. The molecule has 0 aliphatic heterocycles. The Morgan fingerprint density at radius 1 is 1.32 bits per heavy atom. The lowest BCUT2D eigenvalue weighted by molar-refractivity contribution is 0.437. The van der Waals surface area contributed by atoms with Crippen LogP contribution in [-0.2, 0) is 6.54 Å². The summed E-state index contributed by atoms with van der Waals surface area (Å²) in [6.07, 6.45) is 1.37. The summed E-state index contributed by atoms with van der Waals surface area (Å²) < 4.78 is 41.3. The Labute approximate surface area is 112 Å². The summed E-state index contributed by atoms with van der Waals surface area (Å²) in [4.78, 5) is 0. The van der Waals surface area contributed by atoms with Gasteiger partial charge in [-0.2, -0.15) is 5.10 Å². The maximum atomic E-state index is 13.7. The molecule has 0 aliphatic carbocycles. The van der Waals surface area contributed by atoms with Crippen LogP contribution in [-0.4, -0.2) is 9.78 Å². The molecule has 19 heavy (non-hydrogen) atoms. The number of hydrogen-bond acceptors (Lipinski definition) is 2. The van der Waals surface area contributed by atoms with E-state index in [-0.39, 0.29) is 10.6 Å². The fourth-order valence-corrected chi connectivity index (χ4v) is 2.12. The predicted molar refractivity (Wildman–Crippen MR) is 65.3 cm³/mol. The normalized spacial score (nSPS) is 12.7. The molecular formula is C12H11ClF3N3. The molecule has 0 bridgehead atoms. The van der Waals surface area contributed by atoms with Crippen LogP contribution in [0.1, 0.15) is 24.2 Å². The van der Waals surface area contributed by atoms with E-state index in [1.807, 2.05) is 0 Å². The van der Waals surface area contributed by atoms with Crippen LogP contribution < -0.4 is 5.73 Å². The van der Waals surface area contributed by atoms with Gasteiger partial charge in [0.2, 0.25) is 0 Å². The van der Waals surface area contributed by atoms with Crippen LogP contribution in [0.15, 0.2) is 18.3 Å². The van der Waals surface area contributed by atoms with Crippen molar-refractivity contribution in [3.8, 4) is 0 Å². The number of aryl methyl sites for hydroxylation is 1. The van der Waals surface area contributed by atoms with Gasteiger partial charge in [-0.1, -0.05) is 17.7 Å². The van der Waals surface area contributed by atoms with Crippen molar-refractivity contribution in [1.82, 2.24) is 9.78 Å². The van der Waals surface area contributed by atoms with Crippen molar-refractivity contribution in [2.24, 2.45) is 5.73 Å². The molecule has 7 heteroatoms. The monoisotopic (exact) mass is 289 g/mol. The molecule has 0 saturated heterocycles. The summed E-state index contributed by atoms with van der Waals surface area (Å²) in [6.45, 7) is 2.28. The Kier molecular flexibility index (Phi) is 3.82. The molecule has 0 fully saturated rings. The lowest BCUT2D eigenvalue weighted by Crippen LogP contribution is -2.19. The number of halogens is 4. The van der Waals surface area contributed by atoms with Gasteiger partial charge in [0.1, 0.15) is 0 Å². The van der Waals surface area contributed by atoms with Gasteiger partial charge in [-0.25, -0.2) is 13.2 Å². The number of benzene rings is 1. The molecule has 1 heterocycles. The van der Waals surface area contributed by atoms with Gasteiger partial charge in [-0.3, -0.25) is 4.68 Å². The highest BCUT2D eigenvalue weighted by Gasteiger charge is 2.24. The molecule has 1 unspecified atom stereocenters. The van der Waals surface area contributed by atoms with Crippen LogP contribution in [0.2, 0.25) is 5.02 Å². The van der Waals surface area contributed by atoms with E-state index in [2.05, 4.69) is 5.10 Å². The largest absolute Gasteiger partial charge is 0.319 e. The van der Waals surface area contributed by atoms with Crippen LogP contribution in [0, 0.1) is 17.5 Å². The van der Waals surface area contributed by atoms with Crippen LogP contribution in [0.4, 0.5) is 13.2 Å². The van der Waals surface area contributed by atoms with E-state index in [0.29, 0.717) is 12.2 Å². The minimum Gasteiger partial charge on any atom is -0.319 e. The zero-order valence-electron chi connectivity index (χ0n) is 10.0. The second-order valence-electron chi connectivity index (χ2n) is 3.94. The van der Waals surface area contributed by atoms with E-state index >= 15 is 0 Å². The van der Waals surface area contributed by atoms with Gasteiger partial charge in [-0.05, 0) is 13.0 Å². The van der Waals surface area contributed by atoms with Crippen LogP contribution in [0.5, 0.6) is 0 Å². The van der Waals surface area contributed by atoms with E-state index in [1.165, 1.54) is 10.9 Å². The van der Waals surface area contributed by atoms with Gasteiger partial charge < -0.3 is 5.73 Å². The maximum absolute atomic E-state index is 13.7. The fraction of sp³-hybridized carbons (Fsp3) is 0.250. The number of nitrogens with two attached hydrogens (primary N) is 1. The zero-order chi connectivity index (χ0) is 14.2. The highest BCUT2D eigenvalue weighted by molar-refractivity contribution is 6.31. The van der Waals surface area contributed by atoms with Crippen molar-refractivity contribution < 1.29 is 13.2 Å². The van der Waals surface area contributed by atoms with Gasteiger partial charge in [0.05, 0.1) is 23.0 Å². The van der Waals surface area contributed by atoms with Crippen LogP contribution in [0.25, 0.3) is 0 Å². The Morgan fingerprint density at radius 2 is 2.00 bits per heavy atom. The maximum Gasteiger partial charge on any atom is 0.194 e. The lowest BCUT2D eigenvalue weighted by atomic mass is 10.0. The van der Waals surface area contributed by atoms with Crippen molar-refractivity contribution in [2.75, 3.05) is 0 Å². The highest BCUT2D eigenvalue weighted by Crippen LogP contribution is 2.29. The summed E-state index contributed by atoms with van der Waals surface area (Å²) >= 11 is 5.94. The molecule has 0 spiro atoms. The van der Waals surface area contributed by atoms with E-state index in [4.69, 9.17) is 17.3 Å². The number of nitrogens with zero attached hydrogens (tertiary/aromatic N) is 2. The Bertz CT molecular complexity index is 613. The van der Waals surface area contributed by atoms with Gasteiger partial charge in [0.25, 0.3) is 0 Å². The van der Waals surface area contributed by atoms with Crippen LogP contribution >= 0.6 is 11.6 Å². The second-order valence-corrected chi connectivity index (χ2v) is 4.34. The fourth-order valence-electron chi connectivity index (χ4n) is 1.86. The molecule has 2 aromatic rings. The zero-order valence-corrected chi connectivity index (χ0v) is 10.8. The minimum absolute atomic E-state index is 0.170. The van der Waals surface area contributed by atoms with Gasteiger partial charge >= 0.3 is 0 Å². The Hall–Kier alpha value is -1.53.